The summed E-state index contributed by atoms with van der Waals surface area (Å²) < 4.78 is 11.4. The van der Waals surface area contributed by atoms with Crippen LogP contribution in [0.3, 0.4) is 0 Å². The maximum absolute atomic E-state index is 11.4. The highest BCUT2D eigenvalue weighted by molar-refractivity contribution is 7.85. The fourth-order valence-corrected chi connectivity index (χ4v) is 3.79. The summed E-state index contributed by atoms with van der Waals surface area (Å²) >= 11 is 6.27. The number of benzene rings is 1. The van der Waals surface area contributed by atoms with Crippen molar-refractivity contribution in [3.63, 3.8) is 0 Å². The fraction of sp³-hybridized carbons (Fsp3) is 0.538. The molecule has 2 atom stereocenters. The maximum atomic E-state index is 11.4. The van der Waals surface area contributed by atoms with E-state index in [-0.39, 0.29) is 12.1 Å². The summed E-state index contributed by atoms with van der Waals surface area (Å²) in [5.41, 5.74) is 7.20. The predicted octanol–water partition coefficient (Wildman–Crippen LogP) is 1.79. The zero-order valence-electron chi connectivity index (χ0n) is 10.5. The lowest BCUT2D eigenvalue weighted by Gasteiger charge is -2.37. The van der Waals surface area contributed by atoms with Gasteiger partial charge in [0, 0.05) is 46.5 Å². The van der Waals surface area contributed by atoms with Crippen molar-refractivity contribution in [1.82, 2.24) is 4.90 Å². The number of rotatable bonds is 3. The average molecular weight is 287 g/mol. The second-order valence-corrected chi connectivity index (χ2v) is 6.81. The van der Waals surface area contributed by atoms with E-state index in [4.69, 9.17) is 17.3 Å². The van der Waals surface area contributed by atoms with Crippen molar-refractivity contribution < 1.29 is 4.21 Å². The van der Waals surface area contributed by atoms with Crippen molar-refractivity contribution in [3.05, 3.63) is 34.9 Å². The first-order valence-corrected chi connectivity index (χ1v) is 8.05. The van der Waals surface area contributed by atoms with Crippen molar-refractivity contribution in [3.8, 4) is 0 Å². The van der Waals surface area contributed by atoms with Crippen molar-refractivity contribution in [2.24, 2.45) is 5.73 Å². The van der Waals surface area contributed by atoms with E-state index in [0.29, 0.717) is 0 Å². The van der Waals surface area contributed by atoms with Gasteiger partial charge >= 0.3 is 0 Å². The summed E-state index contributed by atoms with van der Waals surface area (Å²) in [6.07, 6.45) is 0. The quantitative estimate of drug-likeness (QED) is 0.922. The molecule has 0 spiro atoms. The molecule has 2 rings (SSSR count). The molecule has 1 aromatic carbocycles. The molecule has 3 nitrogen and oxygen atoms in total. The molecule has 0 radical (unpaired) electrons. The van der Waals surface area contributed by atoms with Crippen LogP contribution in [0.25, 0.3) is 0 Å². The molecule has 0 aromatic heterocycles. The highest BCUT2D eigenvalue weighted by Gasteiger charge is 2.28. The van der Waals surface area contributed by atoms with E-state index < -0.39 is 10.8 Å². The molecule has 0 saturated carbocycles. The summed E-state index contributed by atoms with van der Waals surface area (Å²) in [5, 5.41) is 0.756. The van der Waals surface area contributed by atoms with Crippen LogP contribution in [0.2, 0.25) is 5.02 Å². The van der Waals surface area contributed by atoms with Crippen LogP contribution in [0.4, 0.5) is 0 Å². The van der Waals surface area contributed by atoms with E-state index in [1.54, 1.807) is 0 Å². The Morgan fingerprint density at radius 1 is 1.33 bits per heavy atom. The Morgan fingerprint density at radius 2 is 1.94 bits per heavy atom. The minimum atomic E-state index is -0.668. The van der Waals surface area contributed by atoms with Crippen LogP contribution >= 0.6 is 11.6 Å². The van der Waals surface area contributed by atoms with Crippen LogP contribution in [0.5, 0.6) is 0 Å². The van der Waals surface area contributed by atoms with Gasteiger partial charge in [-0.3, -0.25) is 9.11 Å². The zero-order valence-corrected chi connectivity index (χ0v) is 12.1. The predicted molar refractivity (Wildman–Crippen MR) is 77.3 cm³/mol. The van der Waals surface area contributed by atoms with Crippen LogP contribution in [0.1, 0.15) is 18.5 Å². The molecule has 0 bridgehead atoms. The third kappa shape index (κ3) is 3.12. The number of halogens is 1. The molecule has 2 unspecified atom stereocenters. The van der Waals surface area contributed by atoms with Gasteiger partial charge in [-0.05, 0) is 18.6 Å². The molecular weight excluding hydrogens is 268 g/mol. The van der Waals surface area contributed by atoms with Gasteiger partial charge in [-0.15, -0.1) is 0 Å². The second-order valence-electron chi connectivity index (χ2n) is 4.71. The third-order valence-corrected chi connectivity index (χ3v) is 4.95. The smallest absolute Gasteiger partial charge is 0.0511 e. The first-order chi connectivity index (χ1) is 8.59. The standard InChI is InChI=1S/C13H19ClN2OS/c1-10(15)13(11-4-2-3-5-12(11)14)16-6-8-18(17)9-7-16/h2-5,10,13H,6-9,15H2,1H3. The van der Waals surface area contributed by atoms with Gasteiger partial charge in [0.15, 0.2) is 0 Å². The molecule has 0 aliphatic carbocycles. The highest BCUT2D eigenvalue weighted by Crippen LogP contribution is 2.30. The number of nitrogens with zero attached hydrogens (tertiary/aromatic N) is 1. The summed E-state index contributed by atoms with van der Waals surface area (Å²) in [6, 6.07) is 7.94. The van der Waals surface area contributed by atoms with Crippen LogP contribution in [0.15, 0.2) is 24.3 Å². The maximum Gasteiger partial charge on any atom is 0.0511 e. The molecule has 1 aliphatic heterocycles. The Labute approximate surface area is 116 Å². The zero-order chi connectivity index (χ0) is 13.1. The number of hydrogen-bond acceptors (Lipinski definition) is 3. The van der Waals surface area contributed by atoms with E-state index >= 15 is 0 Å². The lowest BCUT2D eigenvalue weighted by Crippen LogP contribution is -2.46. The van der Waals surface area contributed by atoms with E-state index in [9.17, 15) is 4.21 Å². The minimum Gasteiger partial charge on any atom is -0.326 e. The largest absolute Gasteiger partial charge is 0.326 e. The van der Waals surface area contributed by atoms with Gasteiger partial charge in [0.25, 0.3) is 0 Å². The molecule has 1 saturated heterocycles. The third-order valence-electron chi connectivity index (χ3n) is 3.33. The van der Waals surface area contributed by atoms with Crippen LogP contribution < -0.4 is 5.73 Å². The van der Waals surface area contributed by atoms with Crippen molar-refractivity contribution in [2.75, 3.05) is 24.6 Å². The normalized spacial score (nSPS) is 21.7. The second kappa shape index (κ2) is 6.15. The Balaban J connectivity index is 2.24. The van der Waals surface area contributed by atoms with Crippen molar-refractivity contribution in [2.45, 2.75) is 19.0 Å². The van der Waals surface area contributed by atoms with Gasteiger partial charge < -0.3 is 5.73 Å². The first-order valence-electron chi connectivity index (χ1n) is 6.18. The van der Waals surface area contributed by atoms with Crippen molar-refractivity contribution in [1.29, 1.82) is 0 Å². The number of hydrogen-bond donors (Lipinski definition) is 1. The lowest BCUT2D eigenvalue weighted by atomic mass is 9.99. The molecule has 0 amide bonds. The number of nitrogens with two attached hydrogens (primary N) is 1. The Morgan fingerprint density at radius 3 is 2.50 bits per heavy atom. The van der Waals surface area contributed by atoms with Crippen molar-refractivity contribution >= 4 is 22.4 Å². The molecule has 1 heterocycles. The van der Waals surface area contributed by atoms with Crippen LogP contribution in [0, 0.1) is 0 Å². The highest BCUT2D eigenvalue weighted by atomic mass is 35.5. The minimum absolute atomic E-state index is 0.00330. The Bertz CT molecular complexity index is 429. The van der Waals surface area contributed by atoms with Crippen LogP contribution in [-0.4, -0.2) is 39.7 Å². The van der Waals surface area contributed by atoms with Gasteiger partial charge in [0.1, 0.15) is 0 Å². The SMILES string of the molecule is CC(N)C(c1ccccc1Cl)N1CCS(=O)CC1. The summed E-state index contributed by atoms with van der Waals surface area (Å²) in [7, 11) is -0.668. The molecule has 100 valence electrons. The molecular formula is C13H19ClN2OS. The lowest BCUT2D eigenvalue weighted by molar-refractivity contribution is 0.193. The Hall–Kier alpha value is -0.420. The van der Waals surface area contributed by atoms with Gasteiger partial charge in [0.2, 0.25) is 0 Å². The molecule has 1 aliphatic rings. The summed E-state index contributed by atoms with van der Waals surface area (Å²) in [6.45, 7) is 3.65. The molecule has 1 aromatic rings. The van der Waals surface area contributed by atoms with Gasteiger partial charge in [0.05, 0.1) is 6.04 Å². The topological polar surface area (TPSA) is 46.3 Å². The first kappa shape index (κ1) is 14.0. The molecule has 18 heavy (non-hydrogen) atoms. The van der Waals surface area contributed by atoms with Gasteiger partial charge in [-0.2, -0.15) is 0 Å². The Kier molecular flexibility index (Phi) is 4.78. The van der Waals surface area contributed by atoms with E-state index in [1.807, 2.05) is 31.2 Å². The molecule has 5 heteroatoms. The van der Waals surface area contributed by atoms with E-state index in [1.165, 1.54) is 0 Å². The fourth-order valence-electron chi connectivity index (χ4n) is 2.46. The summed E-state index contributed by atoms with van der Waals surface area (Å²) in [4.78, 5) is 2.30. The van der Waals surface area contributed by atoms with Gasteiger partial charge in [-0.1, -0.05) is 29.8 Å². The summed E-state index contributed by atoms with van der Waals surface area (Å²) in [5.74, 6) is 1.46. The van der Waals surface area contributed by atoms with Gasteiger partial charge in [-0.25, -0.2) is 0 Å². The molecule has 1 fully saturated rings. The molecule has 2 N–H and O–H groups in total. The van der Waals surface area contributed by atoms with Crippen LogP contribution in [-0.2, 0) is 10.8 Å². The van der Waals surface area contributed by atoms with E-state index in [2.05, 4.69) is 4.90 Å². The van der Waals surface area contributed by atoms with E-state index in [0.717, 1.165) is 35.2 Å². The average Bonchev–Trinajstić information content (AvgIpc) is 2.34. The monoisotopic (exact) mass is 286 g/mol.